The molecule has 13 heteroatoms. The fourth-order valence-electron chi connectivity index (χ4n) is 7.01. The van der Waals surface area contributed by atoms with Crippen molar-refractivity contribution in [3.05, 3.63) is 108 Å². The minimum atomic E-state index is -0.357. The van der Waals surface area contributed by atoms with Crippen LogP contribution >= 0.6 is 11.8 Å². The van der Waals surface area contributed by atoms with Crippen molar-refractivity contribution in [2.75, 3.05) is 112 Å². The fraction of sp³-hybridized carbons (Fsp3) is 0.500. The number of unbranched alkanes of at least 4 members (excludes halogenated alkanes) is 3. The number of hydrogen-bond donors (Lipinski definition) is 1. The van der Waals surface area contributed by atoms with Crippen LogP contribution < -0.4 is 5.32 Å². The average Bonchev–Trinajstić information content (AvgIpc) is 3.24. The van der Waals surface area contributed by atoms with E-state index in [1.807, 2.05) is 26.5 Å². The van der Waals surface area contributed by atoms with Crippen molar-refractivity contribution < 1.29 is 33.4 Å². The van der Waals surface area contributed by atoms with Crippen LogP contribution in [-0.2, 0) is 38.1 Å². The van der Waals surface area contributed by atoms with Gasteiger partial charge in [0.25, 0.3) is 0 Å². The molecule has 0 aromatic heterocycles. The van der Waals surface area contributed by atoms with E-state index in [9.17, 15) is 19.2 Å². The number of benzene rings is 3. The van der Waals surface area contributed by atoms with Gasteiger partial charge in [0.05, 0.1) is 52.3 Å². The minimum absolute atomic E-state index is 0.0562. The molecule has 1 aliphatic rings. The molecule has 1 heterocycles. The van der Waals surface area contributed by atoms with Crippen LogP contribution in [0.15, 0.2) is 91.0 Å². The van der Waals surface area contributed by atoms with Crippen molar-refractivity contribution in [2.45, 2.75) is 30.4 Å². The van der Waals surface area contributed by atoms with Gasteiger partial charge in [-0.2, -0.15) is 0 Å². The number of amides is 1. The monoisotopic (exact) mass is 803 g/mol. The normalized spacial score (nSPS) is 15.5. The smallest absolute Gasteiger partial charge is 0.319 e. The van der Waals surface area contributed by atoms with E-state index in [0.717, 1.165) is 31.4 Å². The Morgan fingerprint density at radius 3 is 1.19 bits per heavy atom. The van der Waals surface area contributed by atoms with E-state index >= 15 is 0 Å². The van der Waals surface area contributed by atoms with Crippen LogP contribution in [0.25, 0.3) is 0 Å². The van der Waals surface area contributed by atoms with E-state index in [1.165, 1.54) is 38.0 Å². The Kier molecular flexibility index (Phi) is 20.1. The zero-order chi connectivity index (χ0) is 40.7. The number of methoxy groups -OCH3 is 3. The first-order chi connectivity index (χ1) is 27.8. The summed E-state index contributed by atoms with van der Waals surface area (Å²) < 4.78 is 14.5. The molecule has 0 bridgehead atoms. The second-order valence-corrected chi connectivity index (χ2v) is 15.5. The molecule has 0 saturated carbocycles. The Balaban J connectivity index is 1.29. The summed E-state index contributed by atoms with van der Waals surface area (Å²) in [6.07, 6.45) is 4.02. The van der Waals surface area contributed by atoms with E-state index < -0.39 is 0 Å². The fourth-order valence-corrected chi connectivity index (χ4v) is 8.58. The van der Waals surface area contributed by atoms with Crippen molar-refractivity contribution in [1.82, 2.24) is 24.9 Å². The molecular weight excluding hydrogens is 743 g/mol. The van der Waals surface area contributed by atoms with Crippen LogP contribution in [0.2, 0.25) is 0 Å². The number of carbonyl (C=O) groups is 4. The SMILES string of the molecule is COC(=O)CN1CCN(CC(=O)NCCCCCCSC(c2ccccc2)(c2ccccc2)c2ccccc2)CCN(CC(=O)OC)CCN(CC(=O)OC)CC1. The van der Waals surface area contributed by atoms with E-state index in [0.29, 0.717) is 58.9 Å². The molecule has 1 aliphatic heterocycles. The number of ether oxygens (including phenoxy) is 3. The topological polar surface area (TPSA) is 121 Å². The Morgan fingerprint density at radius 2 is 0.842 bits per heavy atom. The number of rotatable bonds is 19. The van der Waals surface area contributed by atoms with Gasteiger partial charge in [0, 0.05) is 58.9 Å². The van der Waals surface area contributed by atoms with Crippen molar-refractivity contribution in [3.8, 4) is 0 Å². The maximum absolute atomic E-state index is 13.2. The molecule has 0 aliphatic carbocycles. The molecule has 57 heavy (non-hydrogen) atoms. The lowest BCUT2D eigenvalue weighted by atomic mass is 9.84. The van der Waals surface area contributed by atoms with Gasteiger partial charge in [-0.15, -0.1) is 11.8 Å². The highest BCUT2D eigenvalue weighted by Crippen LogP contribution is 2.48. The Labute approximate surface area is 343 Å². The summed E-state index contributed by atoms with van der Waals surface area (Å²) in [5, 5.41) is 3.12. The molecule has 0 atom stereocenters. The summed E-state index contributed by atoms with van der Waals surface area (Å²) in [7, 11) is 4.08. The van der Waals surface area contributed by atoms with Crippen LogP contribution in [0.3, 0.4) is 0 Å². The lowest BCUT2D eigenvalue weighted by Crippen LogP contribution is -2.50. The summed E-state index contributed by atoms with van der Waals surface area (Å²) >= 11 is 1.98. The lowest BCUT2D eigenvalue weighted by molar-refractivity contribution is -0.144. The third-order valence-electron chi connectivity index (χ3n) is 10.3. The molecule has 1 N–H and O–H groups in total. The molecule has 310 valence electrons. The molecule has 3 aromatic rings. The summed E-state index contributed by atoms with van der Waals surface area (Å²) in [4.78, 5) is 57.9. The second-order valence-electron chi connectivity index (χ2n) is 14.2. The zero-order valence-corrected chi connectivity index (χ0v) is 34.8. The van der Waals surface area contributed by atoms with Gasteiger partial charge in [-0.1, -0.05) is 104 Å². The molecule has 3 aromatic carbocycles. The maximum Gasteiger partial charge on any atom is 0.319 e. The van der Waals surface area contributed by atoms with Crippen molar-refractivity contribution in [3.63, 3.8) is 0 Å². The standard InChI is InChI=1S/C44H61N5O7S/c1-54-41(51)34-47-26-24-46(25-27-48(35-42(52)55-2)29-31-49(30-28-47)36-43(53)56-3)33-40(50)45-23-15-4-5-16-32-57-44(37-17-9-6-10-18-37,38-19-11-7-12-20-38)39-21-13-8-14-22-39/h6-14,17-22H,4-5,15-16,23-36H2,1-3H3,(H,45,50). The molecule has 1 amide bonds. The van der Waals surface area contributed by atoms with Crippen LogP contribution in [0.4, 0.5) is 0 Å². The van der Waals surface area contributed by atoms with Gasteiger partial charge in [-0.05, 0) is 35.3 Å². The second kappa shape index (κ2) is 25.2. The number of esters is 3. The van der Waals surface area contributed by atoms with Crippen LogP contribution in [0, 0.1) is 0 Å². The van der Waals surface area contributed by atoms with Gasteiger partial charge in [0.2, 0.25) is 5.91 Å². The third kappa shape index (κ3) is 15.2. The Hall–Kier alpha value is -4.27. The van der Waals surface area contributed by atoms with Gasteiger partial charge in [0.1, 0.15) is 0 Å². The molecule has 1 fully saturated rings. The van der Waals surface area contributed by atoms with Gasteiger partial charge in [-0.25, -0.2) is 0 Å². The van der Waals surface area contributed by atoms with Crippen LogP contribution in [0.5, 0.6) is 0 Å². The van der Waals surface area contributed by atoms with E-state index in [4.69, 9.17) is 14.2 Å². The summed E-state index contributed by atoms with van der Waals surface area (Å²) in [5.41, 5.74) is 3.80. The number of nitrogens with one attached hydrogen (secondary N) is 1. The summed E-state index contributed by atoms with van der Waals surface area (Å²) in [6, 6.07) is 32.3. The maximum atomic E-state index is 13.2. The van der Waals surface area contributed by atoms with Gasteiger partial charge < -0.3 is 19.5 Å². The highest BCUT2D eigenvalue weighted by molar-refractivity contribution is 8.00. The molecular formula is C44H61N5O7S. The number of hydrogen-bond acceptors (Lipinski definition) is 12. The summed E-state index contributed by atoms with van der Waals surface area (Å²) in [6.45, 7) is 5.21. The van der Waals surface area contributed by atoms with Crippen molar-refractivity contribution in [1.29, 1.82) is 0 Å². The number of carbonyl (C=O) groups excluding carboxylic acids is 4. The van der Waals surface area contributed by atoms with E-state index in [2.05, 4.69) is 101 Å². The predicted octanol–water partition coefficient (Wildman–Crippen LogP) is 4.13. The summed E-state index contributed by atoms with van der Waals surface area (Å²) in [5.74, 6) is -0.124. The molecule has 0 unspecified atom stereocenters. The van der Waals surface area contributed by atoms with Crippen molar-refractivity contribution in [2.24, 2.45) is 0 Å². The average molecular weight is 804 g/mol. The van der Waals surface area contributed by atoms with Gasteiger partial charge >= 0.3 is 17.9 Å². The quantitative estimate of drug-likeness (QED) is 0.0813. The highest BCUT2D eigenvalue weighted by atomic mass is 32.2. The third-order valence-corrected chi connectivity index (χ3v) is 11.9. The predicted molar refractivity (Wildman–Crippen MR) is 225 cm³/mol. The first-order valence-electron chi connectivity index (χ1n) is 19.9. The van der Waals surface area contributed by atoms with Crippen LogP contribution in [-0.4, -0.2) is 156 Å². The van der Waals surface area contributed by atoms with Gasteiger partial charge in [-0.3, -0.25) is 38.8 Å². The van der Waals surface area contributed by atoms with Crippen LogP contribution in [0.1, 0.15) is 42.4 Å². The largest absolute Gasteiger partial charge is 0.468 e. The Bertz CT molecular complexity index is 1510. The van der Waals surface area contributed by atoms with Gasteiger partial charge in [0.15, 0.2) is 0 Å². The first kappa shape index (κ1) is 45.4. The molecule has 4 rings (SSSR count). The molecule has 0 spiro atoms. The zero-order valence-electron chi connectivity index (χ0n) is 33.9. The Morgan fingerprint density at radius 1 is 0.509 bits per heavy atom. The number of thioether (sulfide) groups is 1. The van der Waals surface area contributed by atoms with Crippen molar-refractivity contribution >= 4 is 35.6 Å². The van der Waals surface area contributed by atoms with E-state index in [-0.39, 0.29) is 54.7 Å². The highest BCUT2D eigenvalue weighted by Gasteiger charge is 2.36. The molecule has 0 radical (unpaired) electrons. The molecule has 1 saturated heterocycles. The molecule has 12 nitrogen and oxygen atoms in total. The number of nitrogens with zero attached hydrogens (tertiary/aromatic N) is 4. The first-order valence-corrected chi connectivity index (χ1v) is 20.9. The minimum Gasteiger partial charge on any atom is -0.468 e. The van der Waals surface area contributed by atoms with E-state index in [1.54, 1.807) is 0 Å². The lowest BCUT2D eigenvalue weighted by Gasteiger charge is -2.35.